The lowest BCUT2D eigenvalue weighted by Gasteiger charge is -2.13. The fourth-order valence-electron chi connectivity index (χ4n) is 1.92. The van der Waals surface area contributed by atoms with E-state index >= 15 is 0 Å². The molecule has 1 amide bonds. The van der Waals surface area contributed by atoms with Crippen LogP contribution in [0.5, 0.6) is 0 Å². The predicted molar refractivity (Wildman–Crippen MR) is 83.1 cm³/mol. The molecule has 110 valence electrons. The van der Waals surface area contributed by atoms with Gasteiger partial charge in [0.25, 0.3) is 11.6 Å². The minimum atomic E-state index is -0.549. The largest absolute Gasteiger partial charge is 0.349 e. The minimum Gasteiger partial charge on any atom is -0.349 e. The van der Waals surface area contributed by atoms with Crippen molar-refractivity contribution in [2.24, 2.45) is 0 Å². The highest BCUT2D eigenvalue weighted by Crippen LogP contribution is 2.22. The highest BCUT2D eigenvalue weighted by molar-refractivity contribution is 7.07. The maximum absolute atomic E-state index is 12.1. The molecule has 0 saturated heterocycles. The van der Waals surface area contributed by atoms with Gasteiger partial charge in [0.2, 0.25) is 0 Å². The number of carbonyl (C=O) groups is 1. The van der Waals surface area contributed by atoms with Gasteiger partial charge in [0.05, 0.1) is 15.5 Å². The zero-order valence-corrected chi connectivity index (χ0v) is 12.8. The molecule has 1 N–H and O–H groups in total. The van der Waals surface area contributed by atoms with Crippen LogP contribution in [0.2, 0.25) is 5.02 Å². The molecule has 1 heterocycles. The van der Waals surface area contributed by atoms with Crippen LogP contribution in [0.4, 0.5) is 5.69 Å². The maximum atomic E-state index is 12.1. The molecule has 1 aromatic carbocycles. The number of halogens is 1. The quantitative estimate of drug-likeness (QED) is 0.673. The Bertz CT molecular complexity index is 658. The lowest BCUT2D eigenvalue weighted by molar-refractivity contribution is -0.384. The molecule has 0 saturated carbocycles. The number of nitrogens with one attached hydrogen (secondary N) is 1. The van der Waals surface area contributed by atoms with E-state index in [4.69, 9.17) is 11.6 Å². The van der Waals surface area contributed by atoms with Crippen molar-refractivity contribution < 1.29 is 9.72 Å². The van der Waals surface area contributed by atoms with Crippen molar-refractivity contribution >= 4 is 34.5 Å². The van der Waals surface area contributed by atoms with Gasteiger partial charge < -0.3 is 5.32 Å². The number of hydrogen-bond acceptors (Lipinski definition) is 4. The molecule has 1 atom stereocenters. The Morgan fingerprint density at radius 2 is 2.24 bits per heavy atom. The second-order valence-electron chi connectivity index (χ2n) is 4.63. The van der Waals surface area contributed by atoms with Crippen LogP contribution in [0.3, 0.4) is 0 Å². The number of benzene rings is 1. The lowest BCUT2D eigenvalue weighted by atomic mass is 10.1. The topological polar surface area (TPSA) is 72.2 Å². The summed E-state index contributed by atoms with van der Waals surface area (Å²) in [6, 6.07) is 5.77. The number of thiophene rings is 1. The van der Waals surface area contributed by atoms with E-state index in [-0.39, 0.29) is 28.2 Å². The van der Waals surface area contributed by atoms with Crippen molar-refractivity contribution in [2.75, 3.05) is 0 Å². The van der Waals surface area contributed by atoms with Crippen molar-refractivity contribution in [1.82, 2.24) is 5.32 Å². The number of amides is 1. The molecule has 2 aromatic rings. The van der Waals surface area contributed by atoms with Gasteiger partial charge >= 0.3 is 0 Å². The fraction of sp³-hybridized carbons (Fsp3) is 0.214. The van der Waals surface area contributed by atoms with Gasteiger partial charge in [-0.1, -0.05) is 11.6 Å². The molecule has 0 radical (unpaired) electrons. The Labute approximate surface area is 130 Å². The van der Waals surface area contributed by atoms with E-state index in [9.17, 15) is 14.9 Å². The summed E-state index contributed by atoms with van der Waals surface area (Å²) in [7, 11) is 0. The highest BCUT2D eigenvalue weighted by atomic mass is 35.5. The number of hydrogen-bond donors (Lipinski definition) is 1. The van der Waals surface area contributed by atoms with Gasteiger partial charge in [-0.05, 0) is 41.8 Å². The second kappa shape index (κ2) is 6.69. The molecular formula is C14H13ClN2O3S. The standard InChI is InChI=1S/C14H13ClN2O3S/c1-9(6-10-4-5-21-8-10)16-14(18)12-3-2-11(17(19)20)7-13(12)15/h2-5,7-9H,6H2,1H3,(H,16,18). The summed E-state index contributed by atoms with van der Waals surface area (Å²) < 4.78 is 0. The van der Waals surface area contributed by atoms with Crippen molar-refractivity contribution in [1.29, 1.82) is 0 Å². The van der Waals surface area contributed by atoms with E-state index in [0.717, 1.165) is 12.0 Å². The summed E-state index contributed by atoms with van der Waals surface area (Å²) in [6.45, 7) is 1.90. The van der Waals surface area contributed by atoms with Crippen LogP contribution in [0.1, 0.15) is 22.8 Å². The zero-order valence-electron chi connectivity index (χ0n) is 11.2. The Morgan fingerprint density at radius 3 is 2.81 bits per heavy atom. The maximum Gasteiger partial charge on any atom is 0.270 e. The van der Waals surface area contributed by atoms with Gasteiger partial charge in [0.15, 0.2) is 0 Å². The van der Waals surface area contributed by atoms with E-state index in [1.807, 2.05) is 23.8 Å². The number of nitro groups is 1. The number of rotatable bonds is 5. The summed E-state index contributed by atoms with van der Waals surface area (Å²) in [5.41, 5.74) is 1.25. The van der Waals surface area contributed by atoms with Crippen molar-refractivity contribution in [3.8, 4) is 0 Å². The van der Waals surface area contributed by atoms with Crippen LogP contribution < -0.4 is 5.32 Å². The minimum absolute atomic E-state index is 0.0571. The van der Waals surface area contributed by atoms with E-state index in [0.29, 0.717) is 0 Å². The Hall–Kier alpha value is -1.92. The van der Waals surface area contributed by atoms with E-state index in [2.05, 4.69) is 5.32 Å². The molecule has 2 rings (SSSR count). The van der Waals surface area contributed by atoms with Crippen molar-refractivity contribution in [2.45, 2.75) is 19.4 Å². The van der Waals surface area contributed by atoms with E-state index in [1.165, 1.54) is 18.2 Å². The number of nitro benzene ring substituents is 1. The summed E-state index contributed by atoms with van der Waals surface area (Å²) in [4.78, 5) is 22.2. The molecule has 0 aliphatic heterocycles. The summed E-state index contributed by atoms with van der Waals surface area (Å²) in [5, 5.41) is 17.6. The Kier molecular flexibility index (Phi) is 4.93. The van der Waals surface area contributed by atoms with Crippen LogP contribution in [-0.4, -0.2) is 16.9 Å². The van der Waals surface area contributed by atoms with Gasteiger partial charge in [-0.25, -0.2) is 0 Å². The van der Waals surface area contributed by atoms with E-state index in [1.54, 1.807) is 11.3 Å². The molecular weight excluding hydrogens is 312 g/mol. The summed E-state index contributed by atoms with van der Waals surface area (Å²) >= 11 is 7.54. The molecule has 0 aliphatic rings. The van der Waals surface area contributed by atoms with Gasteiger partial charge in [-0.15, -0.1) is 0 Å². The SMILES string of the molecule is CC(Cc1ccsc1)NC(=O)c1ccc([N+](=O)[O-])cc1Cl. The summed E-state index contributed by atoms with van der Waals surface area (Å²) in [5.74, 6) is -0.336. The van der Waals surface area contributed by atoms with Gasteiger partial charge in [0, 0.05) is 18.2 Å². The summed E-state index contributed by atoms with van der Waals surface area (Å²) in [6.07, 6.45) is 0.722. The average molecular weight is 325 g/mol. The Morgan fingerprint density at radius 1 is 1.48 bits per heavy atom. The third kappa shape index (κ3) is 4.03. The average Bonchev–Trinajstić information content (AvgIpc) is 2.90. The molecule has 0 spiro atoms. The molecule has 21 heavy (non-hydrogen) atoms. The van der Waals surface area contributed by atoms with Crippen LogP contribution in [-0.2, 0) is 6.42 Å². The number of carbonyl (C=O) groups excluding carboxylic acids is 1. The normalized spacial score (nSPS) is 11.9. The molecule has 0 fully saturated rings. The number of nitrogens with zero attached hydrogens (tertiary/aromatic N) is 1. The third-order valence-electron chi connectivity index (χ3n) is 2.91. The zero-order chi connectivity index (χ0) is 15.4. The molecule has 0 bridgehead atoms. The number of non-ortho nitro benzene ring substituents is 1. The van der Waals surface area contributed by atoms with Gasteiger partial charge in [-0.2, -0.15) is 11.3 Å². The van der Waals surface area contributed by atoms with Crippen molar-refractivity contribution in [3.05, 3.63) is 61.3 Å². The first-order chi connectivity index (χ1) is 9.97. The smallest absolute Gasteiger partial charge is 0.270 e. The van der Waals surface area contributed by atoms with Gasteiger partial charge in [-0.3, -0.25) is 14.9 Å². The van der Waals surface area contributed by atoms with Gasteiger partial charge in [0.1, 0.15) is 0 Å². The van der Waals surface area contributed by atoms with Crippen LogP contribution in [0.25, 0.3) is 0 Å². The monoisotopic (exact) mass is 324 g/mol. The molecule has 0 aliphatic carbocycles. The first kappa shape index (κ1) is 15.5. The first-order valence-electron chi connectivity index (χ1n) is 6.23. The van der Waals surface area contributed by atoms with E-state index < -0.39 is 4.92 Å². The second-order valence-corrected chi connectivity index (χ2v) is 5.82. The fourth-order valence-corrected chi connectivity index (χ4v) is 2.86. The highest BCUT2D eigenvalue weighted by Gasteiger charge is 2.16. The molecule has 1 aromatic heterocycles. The third-order valence-corrected chi connectivity index (χ3v) is 3.95. The molecule has 1 unspecified atom stereocenters. The van der Waals surface area contributed by atoms with Crippen LogP contribution in [0, 0.1) is 10.1 Å². The lowest BCUT2D eigenvalue weighted by Crippen LogP contribution is -2.34. The molecule has 5 nitrogen and oxygen atoms in total. The van der Waals surface area contributed by atoms with Crippen LogP contribution in [0.15, 0.2) is 35.0 Å². The first-order valence-corrected chi connectivity index (χ1v) is 7.55. The predicted octanol–water partition coefficient (Wildman–Crippen LogP) is 3.67. The van der Waals surface area contributed by atoms with Crippen LogP contribution >= 0.6 is 22.9 Å². The Balaban J connectivity index is 2.04. The molecule has 7 heteroatoms. The van der Waals surface area contributed by atoms with Crippen molar-refractivity contribution in [3.63, 3.8) is 0 Å².